The number of benzene rings is 2. The quantitative estimate of drug-likeness (QED) is 0.555. The average molecular weight is 308 g/mol. The highest BCUT2D eigenvalue weighted by Gasteiger charge is 2.05. The summed E-state index contributed by atoms with van der Waals surface area (Å²) in [5, 5.41) is 0. The fourth-order valence-electron chi connectivity index (χ4n) is 2.86. The standard InChI is InChI=1S/C17H16N4S/c22-17-20-14-8-3-4-9-15(14)21(17)11-5-10-16-18-12-6-1-2-7-13(12)19-16/h1-4,6-9H,5,10-11H2,(H,18,19)(H,20,22). The van der Waals surface area contributed by atoms with Gasteiger partial charge in [-0.05, 0) is 42.9 Å². The van der Waals surface area contributed by atoms with Crippen LogP contribution in [-0.2, 0) is 13.0 Å². The Labute approximate surface area is 132 Å². The second kappa shape index (κ2) is 5.42. The number of nitrogens with zero attached hydrogens (tertiary/aromatic N) is 2. The number of aryl methyl sites for hydroxylation is 2. The highest BCUT2D eigenvalue weighted by atomic mass is 32.1. The number of para-hydroxylation sites is 4. The van der Waals surface area contributed by atoms with Crippen LogP contribution >= 0.6 is 12.2 Å². The largest absolute Gasteiger partial charge is 0.342 e. The Morgan fingerprint density at radius 3 is 2.59 bits per heavy atom. The lowest BCUT2D eigenvalue weighted by Gasteiger charge is -2.03. The molecule has 4 aromatic rings. The molecule has 0 radical (unpaired) electrons. The lowest BCUT2D eigenvalue weighted by Crippen LogP contribution is -2.00. The summed E-state index contributed by atoms with van der Waals surface area (Å²) in [5.41, 5.74) is 4.38. The van der Waals surface area contributed by atoms with Gasteiger partial charge >= 0.3 is 0 Å². The molecule has 0 aliphatic carbocycles. The number of nitrogens with one attached hydrogen (secondary N) is 2. The van der Waals surface area contributed by atoms with Crippen LogP contribution in [0.3, 0.4) is 0 Å². The van der Waals surface area contributed by atoms with Crippen LogP contribution in [0, 0.1) is 4.77 Å². The van der Waals surface area contributed by atoms with Gasteiger partial charge in [-0.2, -0.15) is 0 Å². The molecule has 22 heavy (non-hydrogen) atoms. The monoisotopic (exact) mass is 308 g/mol. The molecule has 0 aliphatic rings. The van der Waals surface area contributed by atoms with E-state index in [1.807, 2.05) is 30.3 Å². The molecule has 0 unspecified atom stereocenters. The minimum absolute atomic E-state index is 0.783. The van der Waals surface area contributed by atoms with Gasteiger partial charge in [0.1, 0.15) is 5.82 Å². The van der Waals surface area contributed by atoms with Crippen molar-refractivity contribution in [1.82, 2.24) is 19.5 Å². The van der Waals surface area contributed by atoms with Crippen LogP contribution in [0.2, 0.25) is 0 Å². The zero-order valence-corrected chi connectivity index (χ0v) is 12.9. The molecule has 2 N–H and O–H groups in total. The average Bonchev–Trinajstić information content (AvgIpc) is 3.08. The van der Waals surface area contributed by atoms with Crippen molar-refractivity contribution >= 4 is 34.3 Å². The normalized spacial score (nSPS) is 11.5. The molecule has 0 saturated carbocycles. The number of aromatic nitrogens is 4. The predicted octanol–water partition coefficient (Wildman–Crippen LogP) is 4.21. The minimum atomic E-state index is 0.783. The molecule has 0 spiro atoms. The first-order valence-corrected chi connectivity index (χ1v) is 7.83. The maximum Gasteiger partial charge on any atom is 0.178 e. The molecule has 0 aliphatic heterocycles. The fraction of sp³-hybridized carbons (Fsp3) is 0.176. The number of hydrogen-bond acceptors (Lipinski definition) is 2. The van der Waals surface area contributed by atoms with Crippen molar-refractivity contribution in [1.29, 1.82) is 0 Å². The second-order valence-corrected chi connectivity index (χ2v) is 5.79. The molecule has 4 rings (SSSR count). The van der Waals surface area contributed by atoms with Crippen molar-refractivity contribution in [3.05, 3.63) is 59.1 Å². The number of imidazole rings is 2. The van der Waals surface area contributed by atoms with E-state index in [9.17, 15) is 0 Å². The van der Waals surface area contributed by atoms with E-state index in [1.54, 1.807) is 0 Å². The second-order valence-electron chi connectivity index (χ2n) is 5.40. The third-order valence-corrected chi connectivity index (χ3v) is 4.24. The molecule has 0 amide bonds. The number of hydrogen-bond donors (Lipinski definition) is 2. The summed E-state index contributed by atoms with van der Waals surface area (Å²) >= 11 is 5.42. The third kappa shape index (κ3) is 2.33. The van der Waals surface area contributed by atoms with E-state index in [4.69, 9.17) is 12.2 Å². The summed E-state index contributed by atoms with van der Waals surface area (Å²) in [5.74, 6) is 1.03. The van der Waals surface area contributed by atoms with Gasteiger partial charge in [0.05, 0.1) is 22.1 Å². The van der Waals surface area contributed by atoms with Crippen LogP contribution in [0.15, 0.2) is 48.5 Å². The Kier molecular flexibility index (Phi) is 3.27. The van der Waals surface area contributed by atoms with Gasteiger partial charge in [-0.1, -0.05) is 24.3 Å². The first-order valence-electron chi connectivity index (χ1n) is 7.42. The smallest absolute Gasteiger partial charge is 0.178 e. The third-order valence-electron chi connectivity index (χ3n) is 3.92. The van der Waals surface area contributed by atoms with Gasteiger partial charge in [-0.15, -0.1) is 0 Å². The van der Waals surface area contributed by atoms with Gasteiger partial charge in [0.25, 0.3) is 0 Å². The molecule has 2 heterocycles. The van der Waals surface area contributed by atoms with E-state index in [-0.39, 0.29) is 0 Å². The van der Waals surface area contributed by atoms with Crippen molar-refractivity contribution in [3.63, 3.8) is 0 Å². The van der Waals surface area contributed by atoms with E-state index >= 15 is 0 Å². The predicted molar refractivity (Wildman–Crippen MR) is 91.5 cm³/mol. The van der Waals surface area contributed by atoms with E-state index < -0.39 is 0 Å². The summed E-state index contributed by atoms with van der Waals surface area (Å²) < 4.78 is 2.94. The molecular formula is C17H16N4S. The molecule has 0 atom stereocenters. The van der Waals surface area contributed by atoms with Gasteiger partial charge in [-0.3, -0.25) is 0 Å². The molecule has 0 bridgehead atoms. The molecule has 2 aromatic carbocycles. The number of rotatable bonds is 4. The van der Waals surface area contributed by atoms with Gasteiger partial charge in [0, 0.05) is 13.0 Å². The van der Waals surface area contributed by atoms with Crippen LogP contribution in [0.25, 0.3) is 22.1 Å². The number of fused-ring (bicyclic) bond motifs is 2. The number of H-pyrrole nitrogens is 2. The molecule has 4 nitrogen and oxygen atoms in total. The van der Waals surface area contributed by atoms with Crippen LogP contribution < -0.4 is 0 Å². The van der Waals surface area contributed by atoms with Gasteiger partial charge in [0.15, 0.2) is 4.77 Å². The van der Waals surface area contributed by atoms with Crippen molar-refractivity contribution in [2.45, 2.75) is 19.4 Å². The molecule has 110 valence electrons. The highest BCUT2D eigenvalue weighted by Crippen LogP contribution is 2.15. The van der Waals surface area contributed by atoms with E-state index in [0.717, 1.165) is 52.0 Å². The van der Waals surface area contributed by atoms with Crippen molar-refractivity contribution < 1.29 is 0 Å². The maximum absolute atomic E-state index is 5.42. The lowest BCUT2D eigenvalue weighted by atomic mass is 10.3. The Morgan fingerprint density at radius 1 is 0.955 bits per heavy atom. The zero-order chi connectivity index (χ0) is 14.9. The highest BCUT2D eigenvalue weighted by molar-refractivity contribution is 7.71. The van der Waals surface area contributed by atoms with Crippen LogP contribution in [0.5, 0.6) is 0 Å². The zero-order valence-electron chi connectivity index (χ0n) is 12.0. The van der Waals surface area contributed by atoms with Crippen molar-refractivity contribution in [3.8, 4) is 0 Å². The summed E-state index contributed by atoms with van der Waals surface area (Å²) in [7, 11) is 0. The van der Waals surface area contributed by atoms with Crippen LogP contribution in [0.1, 0.15) is 12.2 Å². The van der Waals surface area contributed by atoms with E-state index in [0.29, 0.717) is 0 Å². The SMILES string of the molecule is S=c1[nH]c2ccccc2n1CCCc1nc2ccccc2[nH]1. The van der Waals surface area contributed by atoms with Gasteiger partial charge < -0.3 is 14.5 Å². The van der Waals surface area contributed by atoms with Crippen molar-refractivity contribution in [2.24, 2.45) is 0 Å². The van der Waals surface area contributed by atoms with Crippen LogP contribution in [-0.4, -0.2) is 19.5 Å². The van der Waals surface area contributed by atoms with E-state index in [1.165, 1.54) is 0 Å². The maximum atomic E-state index is 5.42. The number of aromatic amines is 2. The van der Waals surface area contributed by atoms with Crippen molar-refractivity contribution in [2.75, 3.05) is 0 Å². The Bertz CT molecular complexity index is 959. The summed E-state index contributed by atoms with van der Waals surface area (Å²) in [6.45, 7) is 0.889. The summed E-state index contributed by atoms with van der Waals surface area (Å²) in [6, 6.07) is 16.3. The molecule has 5 heteroatoms. The van der Waals surface area contributed by atoms with Gasteiger partial charge in [-0.25, -0.2) is 4.98 Å². The topological polar surface area (TPSA) is 49.4 Å². The first kappa shape index (κ1) is 13.3. The first-order chi connectivity index (χ1) is 10.8. The Balaban J connectivity index is 1.52. The Hall–Kier alpha value is -2.40. The molecule has 0 saturated heterocycles. The molecular weight excluding hydrogens is 292 g/mol. The fourth-order valence-corrected chi connectivity index (χ4v) is 3.16. The summed E-state index contributed by atoms with van der Waals surface area (Å²) in [6.07, 6.45) is 1.91. The van der Waals surface area contributed by atoms with E-state index in [2.05, 4.69) is 37.7 Å². The summed E-state index contributed by atoms with van der Waals surface area (Å²) in [4.78, 5) is 11.2. The Morgan fingerprint density at radius 2 is 1.73 bits per heavy atom. The lowest BCUT2D eigenvalue weighted by molar-refractivity contribution is 0.640. The molecule has 2 aromatic heterocycles. The van der Waals surface area contributed by atoms with Crippen LogP contribution in [0.4, 0.5) is 0 Å². The minimum Gasteiger partial charge on any atom is -0.342 e. The molecule has 0 fully saturated rings. The van der Waals surface area contributed by atoms with Gasteiger partial charge in [0.2, 0.25) is 0 Å².